The second-order valence-electron chi connectivity index (χ2n) is 9.25. The van der Waals surface area contributed by atoms with Gasteiger partial charge in [0.1, 0.15) is 5.75 Å². The Morgan fingerprint density at radius 3 is 2.85 bits per heavy atom. The maximum Gasteiger partial charge on any atom is 0.317 e. The Balaban J connectivity index is 1.35. The molecule has 2 amide bonds. The summed E-state index contributed by atoms with van der Waals surface area (Å²) in [5, 5.41) is 7.40. The number of likely N-dealkylation sites (tertiary alicyclic amines) is 1. The molecule has 0 saturated carbocycles. The number of carbonyl (C=O) groups excluding carboxylic acids is 1. The number of urea groups is 1. The number of amides is 2. The topological polar surface area (TPSA) is 133 Å². The monoisotopic (exact) mass is 462 g/mol. The zero-order chi connectivity index (χ0) is 23.8. The molecule has 0 unspecified atom stereocenters. The zero-order valence-electron chi connectivity index (χ0n) is 19.5. The molecule has 5 rings (SSSR count). The van der Waals surface area contributed by atoms with Crippen LogP contribution in [-0.2, 0) is 6.42 Å². The first-order valence-corrected chi connectivity index (χ1v) is 11.7. The summed E-state index contributed by atoms with van der Waals surface area (Å²) in [6, 6.07) is 11.4. The van der Waals surface area contributed by atoms with Gasteiger partial charge >= 0.3 is 6.03 Å². The van der Waals surface area contributed by atoms with E-state index in [2.05, 4.69) is 21.5 Å². The number of nitrogens with zero attached hydrogens (tertiary/aromatic N) is 3. The second kappa shape index (κ2) is 8.98. The van der Waals surface area contributed by atoms with Crippen LogP contribution in [0.3, 0.4) is 0 Å². The number of fused-ring (bicyclic) bond motifs is 1. The summed E-state index contributed by atoms with van der Waals surface area (Å²) in [6.45, 7) is 5.21. The fourth-order valence-electron chi connectivity index (χ4n) is 4.72. The molecule has 1 aromatic heterocycles. The van der Waals surface area contributed by atoms with Crippen LogP contribution >= 0.6 is 0 Å². The SMILES string of the molecule is CC(C)Oc1ccc(-c2nc(-c3cccc4c3CC[C@@H]4NC(=O)N3CC[C@H](N)C3)no2)cc1N. The van der Waals surface area contributed by atoms with Crippen molar-refractivity contribution in [2.24, 2.45) is 5.73 Å². The first-order valence-electron chi connectivity index (χ1n) is 11.7. The van der Waals surface area contributed by atoms with E-state index in [1.54, 1.807) is 11.0 Å². The normalized spacial score (nSPS) is 19.5. The first-order chi connectivity index (χ1) is 16.4. The lowest BCUT2D eigenvalue weighted by atomic mass is 10.0. The number of nitrogen functional groups attached to an aromatic ring is 1. The molecule has 34 heavy (non-hydrogen) atoms. The Bertz CT molecular complexity index is 1210. The molecule has 0 radical (unpaired) electrons. The fraction of sp³-hybridized carbons (Fsp3) is 0.400. The van der Waals surface area contributed by atoms with Gasteiger partial charge in [0.25, 0.3) is 5.89 Å². The molecule has 2 aromatic carbocycles. The summed E-state index contributed by atoms with van der Waals surface area (Å²) in [6.07, 6.45) is 2.53. The van der Waals surface area contributed by atoms with Crippen molar-refractivity contribution in [1.82, 2.24) is 20.4 Å². The Morgan fingerprint density at radius 2 is 2.12 bits per heavy atom. The van der Waals surface area contributed by atoms with Gasteiger partial charge in [-0.3, -0.25) is 0 Å². The van der Waals surface area contributed by atoms with E-state index in [4.69, 9.17) is 20.7 Å². The van der Waals surface area contributed by atoms with Crippen LogP contribution in [0.5, 0.6) is 5.75 Å². The van der Waals surface area contributed by atoms with E-state index in [9.17, 15) is 4.79 Å². The highest BCUT2D eigenvalue weighted by Gasteiger charge is 2.30. The number of hydrogen-bond donors (Lipinski definition) is 3. The number of rotatable bonds is 5. The number of hydrogen-bond acceptors (Lipinski definition) is 7. The lowest BCUT2D eigenvalue weighted by Gasteiger charge is -2.21. The summed E-state index contributed by atoms with van der Waals surface area (Å²) in [5.74, 6) is 1.54. The molecule has 1 saturated heterocycles. The number of nitrogens with two attached hydrogens (primary N) is 2. The lowest BCUT2D eigenvalue weighted by Crippen LogP contribution is -2.41. The fourth-order valence-corrected chi connectivity index (χ4v) is 4.72. The Hall–Kier alpha value is -3.59. The zero-order valence-corrected chi connectivity index (χ0v) is 19.5. The Labute approximate surface area is 198 Å². The van der Waals surface area contributed by atoms with Crippen molar-refractivity contribution < 1.29 is 14.1 Å². The molecular weight excluding hydrogens is 432 g/mol. The van der Waals surface area contributed by atoms with Crippen molar-refractivity contribution in [2.45, 2.75) is 51.3 Å². The van der Waals surface area contributed by atoms with Gasteiger partial charge < -0.3 is 30.9 Å². The highest BCUT2D eigenvalue weighted by atomic mass is 16.5. The molecule has 9 nitrogen and oxygen atoms in total. The number of aromatic nitrogens is 2. The van der Waals surface area contributed by atoms with Crippen molar-refractivity contribution in [3.8, 4) is 28.6 Å². The molecule has 1 aliphatic carbocycles. The molecule has 3 aromatic rings. The smallest absolute Gasteiger partial charge is 0.317 e. The van der Waals surface area contributed by atoms with Crippen LogP contribution in [0.4, 0.5) is 10.5 Å². The maximum absolute atomic E-state index is 12.7. The van der Waals surface area contributed by atoms with Crippen molar-refractivity contribution in [3.05, 3.63) is 47.5 Å². The van der Waals surface area contributed by atoms with Gasteiger partial charge in [-0.25, -0.2) is 4.79 Å². The molecule has 178 valence electrons. The summed E-state index contributed by atoms with van der Waals surface area (Å²) < 4.78 is 11.3. The van der Waals surface area contributed by atoms with Gasteiger partial charge in [0.15, 0.2) is 0 Å². The van der Waals surface area contributed by atoms with Crippen LogP contribution in [0, 0.1) is 0 Å². The molecule has 0 spiro atoms. The molecule has 1 aliphatic heterocycles. The summed E-state index contributed by atoms with van der Waals surface area (Å²) in [4.78, 5) is 19.1. The van der Waals surface area contributed by atoms with Crippen LogP contribution in [0.1, 0.15) is 43.9 Å². The van der Waals surface area contributed by atoms with E-state index in [0.29, 0.717) is 36.2 Å². The Kier molecular flexibility index (Phi) is 5.87. The maximum atomic E-state index is 12.7. The number of anilines is 1. The predicted molar refractivity (Wildman–Crippen MR) is 129 cm³/mol. The minimum absolute atomic E-state index is 0.0323. The lowest BCUT2D eigenvalue weighted by molar-refractivity contribution is 0.204. The summed E-state index contributed by atoms with van der Waals surface area (Å²) in [7, 11) is 0. The van der Waals surface area contributed by atoms with Gasteiger partial charge in [0, 0.05) is 30.3 Å². The minimum atomic E-state index is -0.0551. The third-order valence-corrected chi connectivity index (χ3v) is 6.37. The van der Waals surface area contributed by atoms with Crippen molar-refractivity contribution >= 4 is 11.7 Å². The first kappa shape index (κ1) is 22.2. The van der Waals surface area contributed by atoms with Crippen molar-refractivity contribution in [1.29, 1.82) is 0 Å². The molecule has 0 bridgehead atoms. The molecular formula is C25H30N6O3. The van der Waals surface area contributed by atoms with Gasteiger partial charge in [-0.15, -0.1) is 0 Å². The van der Waals surface area contributed by atoms with E-state index in [-0.39, 0.29) is 24.2 Å². The van der Waals surface area contributed by atoms with Crippen LogP contribution in [0.25, 0.3) is 22.8 Å². The molecule has 1 fully saturated rings. The number of benzene rings is 2. The number of ether oxygens (including phenoxy) is 1. The van der Waals surface area contributed by atoms with E-state index < -0.39 is 0 Å². The van der Waals surface area contributed by atoms with Crippen LogP contribution in [0.15, 0.2) is 40.9 Å². The predicted octanol–water partition coefficient (Wildman–Crippen LogP) is 3.50. The molecule has 9 heteroatoms. The molecule has 2 heterocycles. The number of nitrogens with one attached hydrogen (secondary N) is 1. The van der Waals surface area contributed by atoms with Crippen molar-refractivity contribution in [3.63, 3.8) is 0 Å². The van der Waals surface area contributed by atoms with E-state index >= 15 is 0 Å². The molecule has 2 atom stereocenters. The second-order valence-corrected chi connectivity index (χ2v) is 9.25. The summed E-state index contributed by atoms with van der Waals surface area (Å²) >= 11 is 0. The largest absolute Gasteiger partial charge is 0.489 e. The minimum Gasteiger partial charge on any atom is -0.489 e. The van der Waals surface area contributed by atoms with Crippen LogP contribution in [-0.4, -0.2) is 46.3 Å². The van der Waals surface area contributed by atoms with Gasteiger partial charge in [0.05, 0.1) is 17.8 Å². The third kappa shape index (κ3) is 4.31. The van der Waals surface area contributed by atoms with Crippen LogP contribution in [0.2, 0.25) is 0 Å². The highest BCUT2D eigenvalue weighted by Crippen LogP contribution is 2.38. The quantitative estimate of drug-likeness (QED) is 0.494. The average Bonchev–Trinajstić information content (AvgIpc) is 3.55. The average molecular weight is 463 g/mol. The highest BCUT2D eigenvalue weighted by molar-refractivity contribution is 5.76. The van der Waals surface area contributed by atoms with Gasteiger partial charge in [-0.05, 0) is 62.4 Å². The van der Waals surface area contributed by atoms with Gasteiger partial charge in [-0.2, -0.15) is 4.98 Å². The van der Waals surface area contributed by atoms with E-state index in [1.165, 1.54) is 0 Å². The molecule has 5 N–H and O–H groups in total. The standard InChI is InChI=1S/C25H30N6O3/c1-14(2)33-22-9-6-15(12-20(22)27)24-29-23(30-34-24)19-5-3-4-18-17(19)7-8-21(18)28-25(32)31-11-10-16(26)13-31/h3-6,9,12,14,16,21H,7-8,10-11,13,26-27H2,1-2H3,(H,28,32)/t16-,21-/m0/s1. The van der Waals surface area contributed by atoms with Crippen molar-refractivity contribution in [2.75, 3.05) is 18.8 Å². The van der Waals surface area contributed by atoms with Gasteiger partial charge in [-0.1, -0.05) is 23.4 Å². The van der Waals surface area contributed by atoms with E-state index in [0.717, 1.165) is 41.5 Å². The molecule has 2 aliphatic rings. The van der Waals surface area contributed by atoms with Gasteiger partial charge in [0.2, 0.25) is 5.82 Å². The number of carbonyl (C=O) groups is 1. The van der Waals surface area contributed by atoms with E-state index in [1.807, 2.05) is 38.1 Å². The third-order valence-electron chi connectivity index (χ3n) is 6.37. The van der Waals surface area contributed by atoms with Crippen LogP contribution < -0.4 is 21.5 Å². The Morgan fingerprint density at radius 1 is 1.26 bits per heavy atom. The summed E-state index contributed by atoms with van der Waals surface area (Å²) in [5.41, 5.74) is 16.5.